The van der Waals surface area contributed by atoms with Gasteiger partial charge in [-0.05, 0) is 72.0 Å². The molecule has 1 aliphatic heterocycles. The maximum atomic E-state index is 13.3. The van der Waals surface area contributed by atoms with Crippen LogP contribution in [-0.2, 0) is 34.1 Å². The van der Waals surface area contributed by atoms with Crippen LogP contribution < -0.4 is 10.1 Å². The molecular weight excluding hydrogens is 525 g/mol. The molecule has 1 aliphatic carbocycles. The maximum absolute atomic E-state index is 13.3. The highest BCUT2D eigenvalue weighted by molar-refractivity contribution is 7.89. The third kappa shape index (κ3) is 5.39. The van der Waals surface area contributed by atoms with Gasteiger partial charge in [0.1, 0.15) is 18.4 Å². The molecule has 0 unspecified atom stereocenters. The quantitative estimate of drug-likeness (QED) is 0.418. The minimum atomic E-state index is -4.39. The second-order valence-corrected chi connectivity index (χ2v) is 11.9. The molecule has 37 heavy (non-hydrogen) atoms. The lowest BCUT2D eigenvalue weighted by atomic mass is 9.99. The first kappa shape index (κ1) is 25.7. The van der Waals surface area contributed by atoms with Crippen LogP contribution in [0.25, 0.3) is 0 Å². The highest BCUT2D eigenvalue weighted by Crippen LogP contribution is 2.45. The van der Waals surface area contributed by atoms with Crippen molar-refractivity contribution < 1.29 is 31.1 Å². The fraction of sp³-hybridized carbons (Fsp3) is 0.346. The number of hydrogen-bond donors (Lipinski definition) is 1. The van der Waals surface area contributed by atoms with E-state index in [1.807, 2.05) is 6.07 Å². The third-order valence-electron chi connectivity index (χ3n) is 6.92. The van der Waals surface area contributed by atoms with Gasteiger partial charge in [-0.15, -0.1) is 0 Å². The van der Waals surface area contributed by atoms with Crippen molar-refractivity contribution in [2.75, 3.05) is 0 Å². The smallest absolute Gasteiger partial charge is 0.416 e. The molecule has 0 spiro atoms. The number of ether oxygens (including phenoxy) is 1. The summed E-state index contributed by atoms with van der Waals surface area (Å²) in [6.45, 7) is 0.283. The van der Waals surface area contributed by atoms with Crippen molar-refractivity contribution in [2.24, 2.45) is 5.92 Å². The van der Waals surface area contributed by atoms with Crippen molar-refractivity contribution in [1.82, 2.24) is 9.62 Å². The fourth-order valence-corrected chi connectivity index (χ4v) is 8.03. The highest BCUT2D eigenvalue weighted by atomic mass is 32.2. The zero-order valence-corrected chi connectivity index (χ0v) is 21.3. The standard InChI is InChI=1S/C26H25F3N2O4S2/c27-26(28,29)20-7-4-17(5-8-20)15-35-22-3-1-2-18(12-22)14-30-25(32)24-19-6-9-21(13-19)31(24)37(33,34)23-10-11-36-16-23/h1-5,7-8,10-12,16,19,21,24H,6,9,13-15H2,(H,30,32)/t19-,21+,24-/m0/s1. The van der Waals surface area contributed by atoms with E-state index in [2.05, 4.69) is 5.32 Å². The summed E-state index contributed by atoms with van der Waals surface area (Å²) in [6, 6.07) is 12.5. The summed E-state index contributed by atoms with van der Waals surface area (Å²) in [5.74, 6) is 0.187. The van der Waals surface area contributed by atoms with E-state index in [4.69, 9.17) is 4.74 Å². The number of amides is 1. The topological polar surface area (TPSA) is 75.7 Å². The summed E-state index contributed by atoms with van der Waals surface area (Å²) in [5, 5.41) is 6.19. The molecule has 2 bridgehead atoms. The molecule has 1 amide bonds. The van der Waals surface area contributed by atoms with Gasteiger partial charge in [0.05, 0.1) is 10.5 Å². The Morgan fingerprint density at radius 1 is 1.08 bits per heavy atom. The molecule has 5 rings (SSSR count). The number of sulfonamides is 1. The predicted molar refractivity (Wildman–Crippen MR) is 132 cm³/mol. The lowest BCUT2D eigenvalue weighted by Gasteiger charge is -2.33. The van der Waals surface area contributed by atoms with Gasteiger partial charge in [-0.25, -0.2) is 8.42 Å². The van der Waals surface area contributed by atoms with E-state index in [0.29, 0.717) is 17.7 Å². The molecular formula is C26H25F3N2O4S2. The Bertz CT molecular complexity index is 1360. The van der Waals surface area contributed by atoms with Crippen LogP contribution in [0.2, 0.25) is 0 Å². The van der Waals surface area contributed by atoms with Gasteiger partial charge in [0.15, 0.2) is 0 Å². The normalized spacial score (nSPS) is 21.8. The van der Waals surface area contributed by atoms with Crippen molar-refractivity contribution >= 4 is 27.3 Å². The molecule has 2 heterocycles. The van der Waals surface area contributed by atoms with Crippen LogP contribution in [0.15, 0.2) is 70.3 Å². The Labute approximate surface area is 217 Å². The molecule has 1 saturated heterocycles. The van der Waals surface area contributed by atoms with Crippen LogP contribution in [0.5, 0.6) is 5.75 Å². The number of nitrogens with zero attached hydrogens (tertiary/aromatic N) is 1. The minimum absolute atomic E-state index is 0.00295. The molecule has 196 valence electrons. The van der Waals surface area contributed by atoms with Gasteiger partial charge < -0.3 is 10.1 Å². The van der Waals surface area contributed by atoms with Crippen molar-refractivity contribution in [2.45, 2.75) is 55.6 Å². The number of carbonyl (C=O) groups excluding carboxylic acids is 1. The summed E-state index contributed by atoms with van der Waals surface area (Å²) in [6.07, 6.45) is -2.11. The molecule has 3 atom stereocenters. The Hall–Kier alpha value is -2.89. The first-order valence-corrected chi connectivity index (χ1v) is 14.2. The molecule has 6 nitrogen and oxygen atoms in total. The second kappa shape index (κ2) is 10.1. The molecule has 2 aromatic carbocycles. The molecule has 0 radical (unpaired) electrons. The van der Waals surface area contributed by atoms with Gasteiger partial charge in [-0.3, -0.25) is 4.79 Å². The average molecular weight is 551 g/mol. The number of alkyl halides is 3. The number of piperidine rings is 1. The number of halogens is 3. The minimum Gasteiger partial charge on any atom is -0.489 e. The Kier molecular flexibility index (Phi) is 7.03. The summed E-state index contributed by atoms with van der Waals surface area (Å²) >= 11 is 1.30. The summed E-state index contributed by atoms with van der Waals surface area (Å²) < 4.78 is 71.9. The molecule has 11 heteroatoms. The van der Waals surface area contributed by atoms with E-state index in [-0.39, 0.29) is 35.9 Å². The van der Waals surface area contributed by atoms with Gasteiger partial charge in [0, 0.05) is 18.0 Å². The number of fused-ring (bicyclic) bond motifs is 2. The first-order valence-electron chi connectivity index (χ1n) is 11.8. The van der Waals surface area contributed by atoms with Gasteiger partial charge in [-0.2, -0.15) is 28.8 Å². The van der Waals surface area contributed by atoms with E-state index in [1.54, 1.807) is 35.0 Å². The summed E-state index contributed by atoms with van der Waals surface area (Å²) in [5.41, 5.74) is 0.634. The predicted octanol–water partition coefficient (Wildman–Crippen LogP) is 5.20. The summed E-state index contributed by atoms with van der Waals surface area (Å²) in [7, 11) is -3.75. The molecule has 1 aromatic heterocycles. The first-order chi connectivity index (χ1) is 17.6. The number of rotatable bonds is 8. The monoisotopic (exact) mass is 550 g/mol. The van der Waals surface area contributed by atoms with Crippen LogP contribution in [0.4, 0.5) is 13.2 Å². The van der Waals surface area contributed by atoms with Crippen LogP contribution in [0, 0.1) is 5.92 Å². The van der Waals surface area contributed by atoms with Gasteiger partial charge in [0.2, 0.25) is 15.9 Å². The molecule has 2 aliphatic rings. The maximum Gasteiger partial charge on any atom is 0.416 e. The lowest BCUT2D eigenvalue weighted by molar-refractivity contribution is -0.137. The van der Waals surface area contributed by atoms with E-state index in [1.165, 1.54) is 27.8 Å². The fourth-order valence-electron chi connectivity index (χ4n) is 5.14. The van der Waals surface area contributed by atoms with E-state index in [9.17, 15) is 26.4 Å². The number of benzene rings is 2. The Morgan fingerprint density at radius 2 is 1.86 bits per heavy atom. The highest BCUT2D eigenvalue weighted by Gasteiger charge is 2.54. The van der Waals surface area contributed by atoms with Crippen molar-refractivity contribution in [1.29, 1.82) is 0 Å². The third-order valence-corrected chi connectivity index (χ3v) is 9.68. The van der Waals surface area contributed by atoms with Crippen LogP contribution in [0.3, 0.4) is 0 Å². The number of hydrogen-bond acceptors (Lipinski definition) is 5. The number of carbonyl (C=O) groups is 1. The van der Waals surface area contributed by atoms with Crippen LogP contribution >= 0.6 is 11.3 Å². The van der Waals surface area contributed by atoms with Gasteiger partial charge in [0.25, 0.3) is 0 Å². The molecule has 1 saturated carbocycles. The van der Waals surface area contributed by atoms with Crippen molar-refractivity contribution in [3.63, 3.8) is 0 Å². The van der Waals surface area contributed by atoms with Crippen molar-refractivity contribution in [3.8, 4) is 5.75 Å². The molecule has 3 aromatic rings. The SMILES string of the molecule is O=C(NCc1cccc(OCc2ccc(C(F)(F)F)cc2)c1)[C@@H]1[C@H]2CC[C@H](C2)N1S(=O)(=O)c1ccsc1. The Balaban J connectivity index is 1.21. The lowest BCUT2D eigenvalue weighted by Crippen LogP contribution is -2.52. The van der Waals surface area contributed by atoms with Gasteiger partial charge >= 0.3 is 6.18 Å². The van der Waals surface area contributed by atoms with E-state index >= 15 is 0 Å². The largest absolute Gasteiger partial charge is 0.489 e. The zero-order valence-electron chi connectivity index (χ0n) is 19.6. The van der Waals surface area contributed by atoms with E-state index < -0.39 is 27.8 Å². The number of thiophene rings is 1. The zero-order chi connectivity index (χ0) is 26.2. The average Bonchev–Trinajstić information content (AvgIpc) is 3.64. The van der Waals surface area contributed by atoms with Gasteiger partial charge in [-0.1, -0.05) is 24.3 Å². The number of nitrogens with one attached hydrogen (secondary N) is 1. The second-order valence-electron chi connectivity index (χ2n) is 9.31. The van der Waals surface area contributed by atoms with Crippen LogP contribution in [-0.4, -0.2) is 30.7 Å². The molecule has 2 fully saturated rings. The van der Waals surface area contributed by atoms with Crippen molar-refractivity contribution in [3.05, 3.63) is 82.0 Å². The Morgan fingerprint density at radius 3 is 2.57 bits per heavy atom. The van der Waals surface area contributed by atoms with Crippen LogP contribution in [0.1, 0.15) is 36.0 Å². The molecule has 1 N–H and O–H groups in total. The van der Waals surface area contributed by atoms with E-state index in [0.717, 1.165) is 30.5 Å². The summed E-state index contributed by atoms with van der Waals surface area (Å²) in [4.78, 5) is 13.4.